The molecule has 1 fully saturated rings. The van der Waals surface area contributed by atoms with Crippen LogP contribution in [-0.4, -0.2) is 28.7 Å². The van der Waals surface area contributed by atoms with E-state index in [0.717, 1.165) is 19.0 Å². The normalized spacial score (nSPS) is 27.6. The van der Waals surface area contributed by atoms with Crippen molar-refractivity contribution in [3.63, 3.8) is 0 Å². The monoisotopic (exact) mass is 194 g/mol. The van der Waals surface area contributed by atoms with Crippen LogP contribution in [0.15, 0.2) is 12.4 Å². The molecule has 0 aromatic carbocycles. The lowest BCUT2D eigenvalue weighted by Crippen LogP contribution is -2.44. The van der Waals surface area contributed by atoms with Crippen LogP contribution in [0.5, 0.6) is 0 Å². The summed E-state index contributed by atoms with van der Waals surface area (Å²) >= 11 is 0. The Morgan fingerprint density at radius 2 is 2.50 bits per heavy atom. The molecule has 0 radical (unpaired) electrons. The van der Waals surface area contributed by atoms with Crippen LogP contribution in [0.3, 0.4) is 0 Å². The van der Waals surface area contributed by atoms with E-state index < -0.39 is 0 Å². The minimum Gasteiger partial charge on any atom is -0.351 e. The molecule has 78 valence electrons. The van der Waals surface area contributed by atoms with E-state index in [4.69, 9.17) is 0 Å². The fourth-order valence-electron chi connectivity index (χ4n) is 1.85. The quantitative estimate of drug-likeness (QED) is 0.732. The molecule has 1 aliphatic rings. The lowest BCUT2D eigenvalue weighted by atomic mass is 9.95. The van der Waals surface area contributed by atoms with Gasteiger partial charge in [0.15, 0.2) is 0 Å². The number of aromatic nitrogens is 2. The fraction of sp³-hybridized carbons (Fsp3) is 0.700. The lowest BCUT2D eigenvalue weighted by molar-refractivity contribution is 0.364. The Morgan fingerprint density at radius 3 is 3.14 bits per heavy atom. The average molecular weight is 194 g/mol. The summed E-state index contributed by atoms with van der Waals surface area (Å²) in [4.78, 5) is 4.27. The maximum atomic E-state index is 4.27. The molecule has 1 saturated heterocycles. The molecule has 0 spiro atoms. The largest absolute Gasteiger partial charge is 0.351 e. The van der Waals surface area contributed by atoms with Gasteiger partial charge in [0, 0.05) is 32.0 Å². The van der Waals surface area contributed by atoms with Gasteiger partial charge in [-0.25, -0.2) is 4.98 Å². The molecule has 2 heterocycles. The van der Waals surface area contributed by atoms with Crippen molar-refractivity contribution in [3.05, 3.63) is 12.4 Å². The van der Waals surface area contributed by atoms with Crippen molar-refractivity contribution in [2.45, 2.75) is 19.4 Å². The van der Waals surface area contributed by atoms with Crippen molar-refractivity contribution in [2.75, 3.05) is 18.4 Å². The van der Waals surface area contributed by atoms with Crippen LogP contribution in [0.1, 0.15) is 13.3 Å². The summed E-state index contributed by atoms with van der Waals surface area (Å²) in [6.45, 7) is 4.47. The zero-order valence-corrected chi connectivity index (χ0v) is 8.83. The molecule has 1 aromatic rings. The number of nitrogens with zero attached hydrogens (tertiary/aromatic N) is 2. The molecule has 2 unspecified atom stereocenters. The summed E-state index contributed by atoms with van der Waals surface area (Å²) in [6, 6.07) is 0.504. The molecule has 4 heteroatoms. The van der Waals surface area contributed by atoms with Crippen LogP contribution in [0.2, 0.25) is 0 Å². The van der Waals surface area contributed by atoms with Gasteiger partial charge < -0.3 is 15.2 Å². The third kappa shape index (κ3) is 1.90. The molecule has 0 bridgehead atoms. The van der Waals surface area contributed by atoms with Crippen molar-refractivity contribution < 1.29 is 0 Å². The highest BCUT2D eigenvalue weighted by Crippen LogP contribution is 2.15. The van der Waals surface area contributed by atoms with Crippen LogP contribution in [-0.2, 0) is 7.05 Å². The van der Waals surface area contributed by atoms with E-state index in [-0.39, 0.29) is 0 Å². The highest BCUT2D eigenvalue weighted by atomic mass is 15.2. The number of imidazole rings is 1. The van der Waals surface area contributed by atoms with E-state index in [2.05, 4.69) is 22.5 Å². The molecule has 0 saturated carbocycles. The number of aryl methyl sites for hydroxylation is 1. The molecule has 2 rings (SSSR count). The summed E-state index contributed by atoms with van der Waals surface area (Å²) in [5, 5.41) is 6.87. The number of anilines is 1. The summed E-state index contributed by atoms with van der Waals surface area (Å²) in [5.74, 6) is 1.68. The zero-order chi connectivity index (χ0) is 9.97. The first-order valence-electron chi connectivity index (χ1n) is 5.22. The summed E-state index contributed by atoms with van der Waals surface area (Å²) in [5.41, 5.74) is 0. The van der Waals surface area contributed by atoms with Gasteiger partial charge in [-0.1, -0.05) is 6.92 Å². The maximum Gasteiger partial charge on any atom is 0.202 e. The van der Waals surface area contributed by atoms with Crippen LogP contribution in [0, 0.1) is 5.92 Å². The van der Waals surface area contributed by atoms with Gasteiger partial charge in [-0.15, -0.1) is 0 Å². The van der Waals surface area contributed by atoms with Crippen molar-refractivity contribution >= 4 is 5.95 Å². The third-order valence-electron chi connectivity index (χ3n) is 2.96. The van der Waals surface area contributed by atoms with E-state index >= 15 is 0 Å². The first-order chi connectivity index (χ1) is 6.77. The lowest BCUT2D eigenvalue weighted by Gasteiger charge is -2.30. The first-order valence-corrected chi connectivity index (χ1v) is 5.22. The number of rotatable bonds is 2. The van der Waals surface area contributed by atoms with Crippen molar-refractivity contribution in [2.24, 2.45) is 13.0 Å². The Hall–Kier alpha value is -1.03. The standard InChI is InChI=1S/C10H18N4/c1-8-3-4-11-7-9(8)13-10-12-5-6-14(10)2/h5-6,8-9,11H,3-4,7H2,1-2H3,(H,12,13). The molecule has 14 heavy (non-hydrogen) atoms. The Kier molecular flexibility index (Phi) is 2.72. The van der Waals surface area contributed by atoms with Gasteiger partial charge in [0.25, 0.3) is 0 Å². The van der Waals surface area contributed by atoms with Crippen LogP contribution < -0.4 is 10.6 Å². The van der Waals surface area contributed by atoms with E-state index in [0.29, 0.717) is 12.0 Å². The Labute approximate surface area is 84.7 Å². The minimum absolute atomic E-state index is 0.504. The van der Waals surface area contributed by atoms with Gasteiger partial charge in [0.05, 0.1) is 0 Å². The maximum absolute atomic E-state index is 4.27. The highest BCUT2D eigenvalue weighted by Gasteiger charge is 2.21. The predicted molar refractivity (Wildman–Crippen MR) is 57.3 cm³/mol. The SMILES string of the molecule is CC1CCNCC1Nc1nccn1C. The first kappa shape index (κ1) is 9.52. The summed E-state index contributed by atoms with van der Waals surface area (Å²) in [6.07, 6.45) is 5.02. The molecule has 1 aromatic heterocycles. The predicted octanol–water partition coefficient (Wildman–Crippen LogP) is 0.830. The van der Waals surface area contributed by atoms with Crippen LogP contribution >= 0.6 is 0 Å². The van der Waals surface area contributed by atoms with Crippen molar-refractivity contribution in [1.82, 2.24) is 14.9 Å². The molecule has 2 atom stereocenters. The fourth-order valence-corrected chi connectivity index (χ4v) is 1.85. The van der Waals surface area contributed by atoms with Crippen molar-refractivity contribution in [1.29, 1.82) is 0 Å². The Balaban J connectivity index is 1.99. The van der Waals surface area contributed by atoms with Gasteiger partial charge in [0.2, 0.25) is 5.95 Å². The van der Waals surface area contributed by atoms with Gasteiger partial charge in [0.1, 0.15) is 0 Å². The van der Waals surface area contributed by atoms with E-state index in [1.165, 1.54) is 6.42 Å². The third-order valence-corrected chi connectivity index (χ3v) is 2.96. The second-order valence-corrected chi connectivity index (χ2v) is 4.08. The van der Waals surface area contributed by atoms with E-state index in [9.17, 15) is 0 Å². The second-order valence-electron chi connectivity index (χ2n) is 4.08. The minimum atomic E-state index is 0.504. The number of piperidine rings is 1. The van der Waals surface area contributed by atoms with Gasteiger partial charge in [-0.3, -0.25) is 0 Å². The van der Waals surface area contributed by atoms with Crippen LogP contribution in [0.4, 0.5) is 5.95 Å². The number of nitrogens with one attached hydrogen (secondary N) is 2. The van der Waals surface area contributed by atoms with Gasteiger partial charge in [-0.05, 0) is 18.9 Å². The van der Waals surface area contributed by atoms with Gasteiger partial charge in [-0.2, -0.15) is 0 Å². The Bertz CT molecular complexity index is 294. The van der Waals surface area contributed by atoms with Gasteiger partial charge >= 0.3 is 0 Å². The molecule has 0 aliphatic carbocycles. The topological polar surface area (TPSA) is 41.9 Å². The van der Waals surface area contributed by atoms with E-state index in [1.807, 2.05) is 24.0 Å². The van der Waals surface area contributed by atoms with E-state index in [1.54, 1.807) is 0 Å². The van der Waals surface area contributed by atoms with Crippen LogP contribution in [0.25, 0.3) is 0 Å². The smallest absolute Gasteiger partial charge is 0.202 e. The zero-order valence-electron chi connectivity index (χ0n) is 8.83. The molecule has 2 N–H and O–H groups in total. The molecular weight excluding hydrogens is 176 g/mol. The molecular formula is C10H18N4. The molecule has 0 amide bonds. The average Bonchev–Trinajstić information content (AvgIpc) is 2.56. The summed E-state index contributed by atoms with van der Waals surface area (Å²) in [7, 11) is 2.01. The highest BCUT2D eigenvalue weighted by molar-refractivity contribution is 5.27. The summed E-state index contributed by atoms with van der Waals surface area (Å²) < 4.78 is 2.02. The molecule has 1 aliphatic heterocycles. The number of hydrogen-bond donors (Lipinski definition) is 2. The number of hydrogen-bond acceptors (Lipinski definition) is 3. The molecule has 4 nitrogen and oxygen atoms in total. The van der Waals surface area contributed by atoms with Crippen molar-refractivity contribution in [3.8, 4) is 0 Å². The second kappa shape index (κ2) is 4.00. The Morgan fingerprint density at radius 1 is 1.64 bits per heavy atom.